The Morgan fingerprint density at radius 2 is 1.97 bits per heavy atom. The van der Waals surface area contributed by atoms with E-state index in [4.69, 9.17) is 4.42 Å². The molecular weight excluding hydrogens is 420 g/mol. The second kappa shape index (κ2) is 8.62. The minimum Gasteiger partial charge on any atom is -0.400 e. The van der Waals surface area contributed by atoms with Gasteiger partial charge in [-0.15, -0.1) is 30.7 Å². The van der Waals surface area contributed by atoms with E-state index in [1.165, 1.54) is 6.07 Å². The summed E-state index contributed by atoms with van der Waals surface area (Å²) in [6.45, 7) is 5.40. The Kier molecular flexibility index (Phi) is 6.84. The van der Waals surface area contributed by atoms with Crippen LogP contribution >= 0.6 is 12.4 Å². The molecule has 12 heteroatoms. The average molecular weight is 441 g/mol. The maximum Gasteiger partial charge on any atom is 0.573 e. The number of anilines is 1. The first-order valence-electron chi connectivity index (χ1n) is 8.70. The molecule has 1 atom stereocenters. The number of piperidine rings is 1. The lowest BCUT2D eigenvalue weighted by Gasteiger charge is -2.40. The van der Waals surface area contributed by atoms with E-state index in [1.807, 2.05) is 18.9 Å². The lowest BCUT2D eigenvalue weighted by atomic mass is 9.75. The van der Waals surface area contributed by atoms with Crippen molar-refractivity contribution in [3.63, 3.8) is 0 Å². The summed E-state index contributed by atoms with van der Waals surface area (Å²) in [6, 6.07) is 1.69. The van der Waals surface area contributed by atoms with Crippen molar-refractivity contribution < 1.29 is 26.7 Å². The third-order valence-corrected chi connectivity index (χ3v) is 5.11. The second-order valence-corrected chi connectivity index (χ2v) is 7.07. The van der Waals surface area contributed by atoms with Crippen LogP contribution < -0.4 is 21.1 Å². The van der Waals surface area contributed by atoms with Crippen molar-refractivity contribution in [2.24, 2.45) is 5.41 Å². The van der Waals surface area contributed by atoms with E-state index in [1.54, 1.807) is 0 Å². The predicted octanol–water partition coefficient (Wildman–Crippen LogP) is 3.68. The average Bonchev–Trinajstić information content (AvgIpc) is 3.04. The van der Waals surface area contributed by atoms with Crippen LogP contribution in [-0.2, 0) is 0 Å². The lowest BCUT2D eigenvalue weighted by Crippen LogP contribution is -2.44. The zero-order chi connectivity index (χ0) is 20.5. The monoisotopic (exact) mass is 440 g/mol. The van der Waals surface area contributed by atoms with Gasteiger partial charge in [0.2, 0.25) is 5.89 Å². The summed E-state index contributed by atoms with van der Waals surface area (Å²) in [5, 5.41) is 11.8. The number of alkyl halides is 3. The molecule has 0 saturated carbocycles. The first-order valence-corrected chi connectivity index (χ1v) is 8.70. The zero-order valence-corrected chi connectivity index (χ0v) is 16.5. The van der Waals surface area contributed by atoms with Gasteiger partial charge in [-0.25, -0.2) is 14.3 Å². The Labute approximate surface area is 169 Å². The molecule has 1 aromatic heterocycles. The van der Waals surface area contributed by atoms with Gasteiger partial charge >= 0.3 is 12.1 Å². The Balaban J connectivity index is 0.00000300. The zero-order valence-electron chi connectivity index (χ0n) is 15.7. The number of aromatic amines is 1. The Bertz CT molecular complexity index is 894. The molecule has 2 aromatic rings. The standard InChI is InChI=1S/C17H20F4N4O3.ClH/c1-9(16(2)3-5-22-6-4-16)23-12-8-10(14-24-25-15(26)27-14)7-11(18)13(12)28-17(19,20)21;/h7-9,22-23H,3-6H2,1-2H3,(H,25,26);1H/t9-;/m0./s1. The molecule has 0 spiro atoms. The molecule has 29 heavy (non-hydrogen) atoms. The maximum atomic E-state index is 14.5. The highest BCUT2D eigenvalue weighted by atomic mass is 35.5. The van der Waals surface area contributed by atoms with Crippen molar-refractivity contribution in [1.82, 2.24) is 15.5 Å². The quantitative estimate of drug-likeness (QED) is 0.614. The van der Waals surface area contributed by atoms with Gasteiger partial charge in [0.25, 0.3) is 0 Å². The van der Waals surface area contributed by atoms with E-state index >= 15 is 0 Å². The van der Waals surface area contributed by atoms with Gasteiger partial charge < -0.3 is 19.8 Å². The van der Waals surface area contributed by atoms with E-state index in [-0.39, 0.29) is 41.0 Å². The Morgan fingerprint density at radius 3 is 2.52 bits per heavy atom. The van der Waals surface area contributed by atoms with Crippen LogP contribution in [0.4, 0.5) is 23.2 Å². The van der Waals surface area contributed by atoms with Crippen molar-refractivity contribution in [2.75, 3.05) is 18.4 Å². The number of benzene rings is 1. The lowest BCUT2D eigenvalue weighted by molar-refractivity contribution is -0.275. The molecule has 0 unspecified atom stereocenters. The normalized spacial score (nSPS) is 17.3. The minimum absolute atomic E-state index is 0. The summed E-state index contributed by atoms with van der Waals surface area (Å²) < 4.78 is 61.6. The minimum atomic E-state index is -5.07. The fourth-order valence-electron chi connectivity index (χ4n) is 3.24. The summed E-state index contributed by atoms with van der Waals surface area (Å²) in [4.78, 5) is 11.1. The molecule has 7 nitrogen and oxygen atoms in total. The van der Waals surface area contributed by atoms with E-state index in [0.717, 1.165) is 32.0 Å². The molecule has 0 radical (unpaired) electrons. The number of aromatic nitrogens is 2. The van der Waals surface area contributed by atoms with Crippen LogP contribution in [0.1, 0.15) is 26.7 Å². The van der Waals surface area contributed by atoms with Crippen LogP contribution in [0.15, 0.2) is 21.3 Å². The van der Waals surface area contributed by atoms with Crippen molar-refractivity contribution >= 4 is 18.1 Å². The number of rotatable bonds is 5. The SMILES string of the molecule is C[C@H](Nc1cc(-c2n[nH]c(=O)o2)cc(F)c1OC(F)(F)F)C1(C)CCNCC1.Cl. The molecule has 0 amide bonds. The van der Waals surface area contributed by atoms with Crippen LogP contribution in [0.2, 0.25) is 0 Å². The number of nitrogens with one attached hydrogen (secondary N) is 3. The Hall–Kier alpha value is -2.27. The fraction of sp³-hybridized carbons (Fsp3) is 0.529. The van der Waals surface area contributed by atoms with Crippen LogP contribution in [0.25, 0.3) is 11.5 Å². The summed E-state index contributed by atoms with van der Waals surface area (Å²) in [6.07, 6.45) is -3.47. The van der Waals surface area contributed by atoms with Gasteiger partial charge in [-0.3, -0.25) is 0 Å². The smallest absolute Gasteiger partial charge is 0.400 e. The van der Waals surface area contributed by atoms with Crippen molar-refractivity contribution in [3.05, 3.63) is 28.5 Å². The molecule has 3 N–H and O–H groups in total. The first-order chi connectivity index (χ1) is 13.1. The molecule has 1 saturated heterocycles. The van der Waals surface area contributed by atoms with Gasteiger partial charge in [0.1, 0.15) is 0 Å². The van der Waals surface area contributed by atoms with Crippen LogP contribution in [-0.4, -0.2) is 35.7 Å². The summed E-state index contributed by atoms with van der Waals surface area (Å²) >= 11 is 0. The van der Waals surface area contributed by atoms with E-state index in [2.05, 4.69) is 20.5 Å². The highest BCUT2D eigenvalue weighted by molar-refractivity contribution is 5.85. The van der Waals surface area contributed by atoms with E-state index < -0.39 is 23.7 Å². The van der Waals surface area contributed by atoms with Gasteiger partial charge in [-0.05, 0) is 50.4 Å². The van der Waals surface area contributed by atoms with Crippen molar-refractivity contribution in [1.29, 1.82) is 0 Å². The molecule has 162 valence electrons. The van der Waals surface area contributed by atoms with Crippen molar-refractivity contribution in [3.8, 4) is 17.2 Å². The maximum absolute atomic E-state index is 14.5. The summed E-state index contributed by atoms with van der Waals surface area (Å²) in [7, 11) is 0. The van der Waals surface area contributed by atoms with Crippen LogP contribution in [0.5, 0.6) is 5.75 Å². The fourth-order valence-corrected chi connectivity index (χ4v) is 3.24. The molecule has 2 heterocycles. The van der Waals surface area contributed by atoms with Gasteiger partial charge in [0.15, 0.2) is 11.6 Å². The molecule has 0 bridgehead atoms. The number of halogens is 5. The van der Waals surface area contributed by atoms with Gasteiger partial charge in [0, 0.05) is 11.6 Å². The molecule has 1 aliphatic heterocycles. The molecule has 1 fully saturated rings. The van der Waals surface area contributed by atoms with E-state index in [9.17, 15) is 22.4 Å². The summed E-state index contributed by atoms with van der Waals surface area (Å²) in [5.41, 5.74) is -0.424. The molecule has 0 aliphatic carbocycles. The Morgan fingerprint density at radius 1 is 1.31 bits per heavy atom. The number of ether oxygens (including phenoxy) is 1. The second-order valence-electron chi connectivity index (χ2n) is 7.07. The molecular formula is C17H21ClF4N4O3. The molecule has 1 aromatic carbocycles. The number of hydrogen-bond acceptors (Lipinski definition) is 6. The molecule has 3 rings (SSSR count). The first kappa shape index (κ1) is 23.0. The predicted molar refractivity (Wildman–Crippen MR) is 99.7 cm³/mol. The third kappa shape index (κ3) is 5.41. The summed E-state index contributed by atoms with van der Waals surface area (Å²) in [5.74, 6) is -3.34. The number of hydrogen-bond donors (Lipinski definition) is 3. The number of nitrogens with zero attached hydrogens (tertiary/aromatic N) is 1. The highest BCUT2D eigenvalue weighted by Gasteiger charge is 2.36. The van der Waals surface area contributed by atoms with E-state index in [0.29, 0.717) is 0 Å². The van der Waals surface area contributed by atoms with Crippen LogP contribution in [0.3, 0.4) is 0 Å². The number of H-pyrrole nitrogens is 1. The van der Waals surface area contributed by atoms with Gasteiger partial charge in [-0.1, -0.05) is 6.92 Å². The topological polar surface area (TPSA) is 92.2 Å². The van der Waals surface area contributed by atoms with Crippen molar-refractivity contribution in [2.45, 2.75) is 39.1 Å². The van der Waals surface area contributed by atoms with Gasteiger partial charge in [0.05, 0.1) is 5.69 Å². The highest BCUT2D eigenvalue weighted by Crippen LogP contribution is 2.40. The third-order valence-electron chi connectivity index (χ3n) is 5.11. The van der Waals surface area contributed by atoms with Crippen LogP contribution in [0, 0.1) is 11.2 Å². The van der Waals surface area contributed by atoms with Gasteiger partial charge in [-0.2, -0.15) is 0 Å². The largest absolute Gasteiger partial charge is 0.573 e. The molecule has 1 aliphatic rings.